The smallest absolute Gasteiger partial charge is 0.223 e. The van der Waals surface area contributed by atoms with Crippen molar-refractivity contribution in [3.8, 4) is 0 Å². The lowest BCUT2D eigenvalue weighted by atomic mass is 9.93. The minimum absolute atomic E-state index is 0.175. The largest absolute Gasteiger partial charge is 0.393 e. The van der Waals surface area contributed by atoms with Crippen molar-refractivity contribution in [3.05, 3.63) is 40.8 Å². The Morgan fingerprint density at radius 3 is 2.53 bits per heavy atom. The number of anilines is 1. The normalized spacial score (nSPS) is 23.2. The van der Waals surface area contributed by atoms with E-state index >= 15 is 0 Å². The van der Waals surface area contributed by atoms with Gasteiger partial charge < -0.3 is 15.7 Å². The fraction of sp³-hybridized carbons (Fsp3) is 0.565. The van der Waals surface area contributed by atoms with Crippen molar-refractivity contribution in [1.29, 1.82) is 0 Å². The molecule has 1 saturated carbocycles. The summed E-state index contributed by atoms with van der Waals surface area (Å²) in [6, 6.07) is 6.28. The molecular weight excluding hydrogens is 472 g/mol. The molecule has 2 aliphatic rings. The van der Waals surface area contributed by atoms with Crippen LogP contribution >= 0.6 is 11.3 Å². The molecule has 1 saturated heterocycles. The summed E-state index contributed by atoms with van der Waals surface area (Å²) in [5.74, 6) is 1.08. The van der Waals surface area contributed by atoms with Gasteiger partial charge in [-0.05, 0) is 56.7 Å². The van der Waals surface area contributed by atoms with Gasteiger partial charge in [-0.25, -0.2) is 28.4 Å². The number of sulfone groups is 1. The zero-order chi connectivity index (χ0) is 23.5. The Morgan fingerprint density at radius 1 is 1.00 bits per heavy atom. The number of fused-ring (bicyclic) bond motifs is 1. The van der Waals surface area contributed by atoms with Gasteiger partial charge in [-0.3, -0.25) is 0 Å². The molecule has 0 bridgehead atoms. The summed E-state index contributed by atoms with van der Waals surface area (Å²) in [6.07, 6.45) is 6.78. The third-order valence-corrected chi connectivity index (χ3v) is 9.23. The van der Waals surface area contributed by atoms with E-state index in [4.69, 9.17) is 15.0 Å². The van der Waals surface area contributed by atoms with E-state index in [9.17, 15) is 13.5 Å². The molecule has 5 rings (SSSR count). The molecule has 3 N–H and O–H groups in total. The SMILES string of the molecule is O=S1(=O)CCC(NCc2cc(Cc3nc4cccnc4s3)nc(NC3CCC(O)CC3)n2)CC1. The lowest BCUT2D eigenvalue weighted by Gasteiger charge is -2.26. The highest BCUT2D eigenvalue weighted by Gasteiger charge is 2.24. The fourth-order valence-electron chi connectivity index (χ4n) is 4.59. The van der Waals surface area contributed by atoms with E-state index in [-0.39, 0.29) is 29.7 Å². The summed E-state index contributed by atoms with van der Waals surface area (Å²) in [5.41, 5.74) is 2.65. The molecule has 34 heavy (non-hydrogen) atoms. The second-order valence-corrected chi connectivity index (χ2v) is 12.6. The van der Waals surface area contributed by atoms with Crippen LogP contribution in [0.3, 0.4) is 0 Å². The summed E-state index contributed by atoms with van der Waals surface area (Å²) < 4.78 is 23.5. The molecule has 11 heteroatoms. The summed E-state index contributed by atoms with van der Waals surface area (Å²) in [5, 5.41) is 17.7. The number of rotatable bonds is 7. The highest BCUT2D eigenvalue weighted by Crippen LogP contribution is 2.24. The van der Waals surface area contributed by atoms with Crippen LogP contribution in [0, 0.1) is 0 Å². The van der Waals surface area contributed by atoms with Crippen molar-refractivity contribution in [2.45, 2.75) is 69.7 Å². The molecule has 0 radical (unpaired) electrons. The highest BCUT2D eigenvalue weighted by molar-refractivity contribution is 7.91. The molecule has 0 spiro atoms. The quantitative estimate of drug-likeness (QED) is 0.446. The van der Waals surface area contributed by atoms with E-state index in [2.05, 4.69) is 15.6 Å². The van der Waals surface area contributed by atoms with Crippen LogP contribution in [0.15, 0.2) is 24.4 Å². The van der Waals surface area contributed by atoms with Crippen LogP contribution in [0.4, 0.5) is 5.95 Å². The van der Waals surface area contributed by atoms with E-state index < -0.39 is 9.84 Å². The first-order valence-electron chi connectivity index (χ1n) is 11.9. The Bertz CT molecular complexity index is 1190. The molecule has 1 aliphatic heterocycles. The Labute approximate surface area is 203 Å². The highest BCUT2D eigenvalue weighted by atomic mass is 32.2. The summed E-state index contributed by atoms with van der Waals surface area (Å²) in [4.78, 5) is 19.5. The number of pyridine rings is 1. The number of aliphatic hydroxyl groups excluding tert-OH is 1. The zero-order valence-electron chi connectivity index (χ0n) is 19.0. The number of aromatic nitrogens is 4. The summed E-state index contributed by atoms with van der Waals surface area (Å²) >= 11 is 1.57. The molecule has 0 unspecified atom stereocenters. The van der Waals surface area contributed by atoms with Gasteiger partial charge in [0.2, 0.25) is 5.95 Å². The molecule has 1 aliphatic carbocycles. The van der Waals surface area contributed by atoms with E-state index in [0.29, 0.717) is 31.8 Å². The van der Waals surface area contributed by atoms with Crippen molar-refractivity contribution in [2.24, 2.45) is 0 Å². The molecule has 2 fully saturated rings. The van der Waals surface area contributed by atoms with Crippen LogP contribution in [0.1, 0.15) is 54.9 Å². The number of nitrogens with one attached hydrogen (secondary N) is 2. The number of aliphatic hydroxyl groups is 1. The second kappa shape index (κ2) is 10.2. The molecule has 0 atom stereocenters. The Balaban J connectivity index is 1.32. The molecule has 3 aromatic rings. The first-order chi connectivity index (χ1) is 16.4. The Morgan fingerprint density at radius 2 is 1.76 bits per heavy atom. The molecule has 9 nitrogen and oxygen atoms in total. The van der Waals surface area contributed by atoms with Gasteiger partial charge in [0.05, 0.1) is 29.0 Å². The van der Waals surface area contributed by atoms with Crippen molar-refractivity contribution in [1.82, 2.24) is 25.3 Å². The van der Waals surface area contributed by atoms with Gasteiger partial charge in [-0.2, -0.15) is 0 Å². The monoisotopic (exact) mass is 502 g/mol. The number of hydrogen-bond acceptors (Lipinski definition) is 10. The van der Waals surface area contributed by atoms with Crippen LogP contribution in [-0.2, 0) is 22.8 Å². The van der Waals surface area contributed by atoms with Crippen molar-refractivity contribution in [3.63, 3.8) is 0 Å². The predicted octanol–water partition coefficient (Wildman–Crippen LogP) is 2.45. The standard InChI is InChI=1S/C23H30N6O3S2/c30-19-5-3-16(4-6-19)26-23-27-17(13-21-29-20-2-1-9-24-22(20)33-21)12-18(28-23)14-25-15-7-10-34(31,32)11-8-15/h1-2,9,12,15-16,19,25,30H,3-8,10-11,13-14H2,(H,26,27,28). The number of hydrogen-bond donors (Lipinski definition) is 3. The molecular formula is C23H30N6O3S2. The average molecular weight is 503 g/mol. The van der Waals surface area contributed by atoms with Gasteiger partial charge in [0.15, 0.2) is 0 Å². The maximum absolute atomic E-state index is 11.7. The van der Waals surface area contributed by atoms with E-state index in [1.54, 1.807) is 17.5 Å². The van der Waals surface area contributed by atoms with Gasteiger partial charge >= 0.3 is 0 Å². The fourth-order valence-corrected chi connectivity index (χ4v) is 7.00. The van der Waals surface area contributed by atoms with Crippen LogP contribution in [0.5, 0.6) is 0 Å². The molecule has 0 aromatic carbocycles. The average Bonchev–Trinajstić information content (AvgIpc) is 3.22. The van der Waals surface area contributed by atoms with Gasteiger partial charge in [0.1, 0.15) is 25.2 Å². The van der Waals surface area contributed by atoms with Crippen LogP contribution in [-0.4, -0.2) is 63.2 Å². The third kappa shape index (κ3) is 6.07. The van der Waals surface area contributed by atoms with Crippen LogP contribution in [0.25, 0.3) is 10.3 Å². The van der Waals surface area contributed by atoms with Crippen molar-refractivity contribution >= 4 is 37.5 Å². The molecule has 4 heterocycles. The van der Waals surface area contributed by atoms with Crippen molar-refractivity contribution in [2.75, 3.05) is 16.8 Å². The maximum atomic E-state index is 11.7. The second-order valence-electron chi connectivity index (χ2n) is 9.24. The van der Waals surface area contributed by atoms with Crippen LogP contribution in [0.2, 0.25) is 0 Å². The zero-order valence-corrected chi connectivity index (χ0v) is 20.6. The first kappa shape index (κ1) is 23.5. The van der Waals surface area contributed by atoms with Crippen LogP contribution < -0.4 is 10.6 Å². The molecule has 3 aromatic heterocycles. The maximum Gasteiger partial charge on any atom is 0.223 e. The van der Waals surface area contributed by atoms with E-state index in [1.165, 1.54) is 0 Å². The minimum Gasteiger partial charge on any atom is -0.393 e. The summed E-state index contributed by atoms with van der Waals surface area (Å²) in [6.45, 7) is 0.555. The van der Waals surface area contributed by atoms with Gasteiger partial charge in [-0.1, -0.05) is 11.3 Å². The predicted molar refractivity (Wildman–Crippen MR) is 133 cm³/mol. The van der Waals surface area contributed by atoms with Gasteiger partial charge in [-0.15, -0.1) is 0 Å². The lowest BCUT2D eigenvalue weighted by Crippen LogP contribution is -2.37. The first-order valence-corrected chi connectivity index (χ1v) is 14.5. The minimum atomic E-state index is -2.88. The van der Waals surface area contributed by atoms with Gasteiger partial charge in [0, 0.05) is 31.2 Å². The topological polar surface area (TPSA) is 130 Å². The van der Waals surface area contributed by atoms with E-state index in [0.717, 1.165) is 52.4 Å². The molecule has 182 valence electrons. The van der Waals surface area contributed by atoms with Crippen molar-refractivity contribution < 1.29 is 13.5 Å². The van der Waals surface area contributed by atoms with Gasteiger partial charge in [0.25, 0.3) is 0 Å². The summed E-state index contributed by atoms with van der Waals surface area (Å²) in [7, 11) is -2.88. The molecule has 0 amide bonds. The Kier molecular flexibility index (Phi) is 7.05. The number of nitrogens with zero attached hydrogens (tertiary/aromatic N) is 4. The van der Waals surface area contributed by atoms with E-state index in [1.807, 2.05) is 18.2 Å². The Hall–Kier alpha value is -2.21. The lowest BCUT2D eigenvalue weighted by molar-refractivity contribution is 0.126. The number of thiazole rings is 1. The third-order valence-electron chi connectivity index (χ3n) is 6.53.